The quantitative estimate of drug-likeness (QED) is 0.741. The summed E-state index contributed by atoms with van der Waals surface area (Å²) in [6.45, 7) is 2.09. The Hall–Kier alpha value is -0.830. The van der Waals surface area contributed by atoms with E-state index in [2.05, 4.69) is 28.8 Å². The zero-order valence-corrected chi connectivity index (χ0v) is 9.96. The summed E-state index contributed by atoms with van der Waals surface area (Å²) in [5.41, 5.74) is 1.06. The van der Waals surface area contributed by atoms with E-state index in [1.165, 1.54) is 19.3 Å². The van der Waals surface area contributed by atoms with Gasteiger partial charge >= 0.3 is 0 Å². The van der Waals surface area contributed by atoms with Crippen LogP contribution in [-0.4, -0.2) is 23.1 Å². The summed E-state index contributed by atoms with van der Waals surface area (Å²) in [5.74, 6) is 1.00. The molecule has 0 spiro atoms. The van der Waals surface area contributed by atoms with E-state index in [-0.39, 0.29) is 0 Å². The van der Waals surface area contributed by atoms with Crippen LogP contribution >= 0.6 is 11.6 Å². The Balaban J connectivity index is 2.29. The van der Waals surface area contributed by atoms with Crippen molar-refractivity contribution in [3.05, 3.63) is 17.0 Å². The fraction of sp³-hybridized carbons (Fsp3) is 0.636. The molecule has 2 rings (SSSR count). The number of rotatable bonds is 3. The van der Waals surface area contributed by atoms with E-state index in [0.717, 1.165) is 17.8 Å². The van der Waals surface area contributed by atoms with Gasteiger partial charge in [0.2, 0.25) is 0 Å². The average Bonchev–Trinajstić information content (AvgIpc) is 2.14. The van der Waals surface area contributed by atoms with Crippen molar-refractivity contribution < 1.29 is 0 Å². The zero-order chi connectivity index (χ0) is 10.8. The maximum atomic E-state index is 6.06. The van der Waals surface area contributed by atoms with Crippen LogP contribution in [0.5, 0.6) is 0 Å². The average molecular weight is 226 g/mol. The molecule has 15 heavy (non-hydrogen) atoms. The lowest BCUT2D eigenvalue weighted by atomic mass is 9.91. The largest absolute Gasteiger partial charge is 0.356 e. The molecule has 0 aliphatic heterocycles. The summed E-state index contributed by atoms with van der Waals surface area (Å²) in [6, 6.07) is 0.640. The normalized spacial score (nSPS) is 16.2. The number of hydrogen-bond acceptors (Lipinski definition) is 3. The number of hydrogen-bond donors (Lipinski definition) is 0. The third-order valence-electron chi connectivity index (χ3n) is 3.18. The minimum absolute atomic E-state index is 0.591. The van der Waals surface area contributed by atoms with Crippen molar-refractivity contribution in [2.75, 3.05) is 11.9 Å². The van der Waals surface area contributed by atoms with Gasteiger partial charge in [-0.1, -0.05) is 18.5 Å². The van der Waals surface area contributed by atoms with Crippen LogP contribution in [0.25, 0.3) is 0 Å². The van der Waals surface area contributed by atoms with Gasteiger partial charge < -0.3 is 4.90 Å². The Morgan fingerprint density at radius 3 is 2.73 bits per heavy atom. The van der Waals surface area contributed by atoms with Crippen LogP contribution in [0.2, 0.25) is 5.15 Å². The van der Waals surface area contributed by atoms with Gasteiger partial charge in [0.25, 0.3) is 0 Å². The molecule has 0 bridgehead atoms. The minimum Gasteiger partial charge on any atom is -0.356 e. The van der Waals surface area contributed by atoms with Gasteiger partial charge in [-0.05, 0) is 25.7 Å². The molecule has 4 heteroatoms. The molecule has 0 unspecified atom stereocenters. The highest BCUT2D eigenvalue weighted by molar-refractivity contribution is 6.30. The second-order valence-corrected chi connectivity index (χ2v) is 4.37. The first-order valence-corrected chi connectivity index (χ1v) is 5.84. The first-order valence-electron chi connectivity index (χ1n) is 5.46. The van der Waals surface area contributed by atoms with Gasteiger partial charge in [-0.2, -0.15) is 0 Å². The summed E-state index contributed by atoms with van der Waals surface area (Å²) < 4.78 is 0. The van der Waals surface area contributed by atoms with E-state index in [1.54, 1.807) is 6.33 Å². The molecule has 0 saturated heterocycles. The van der Waals surface area contributed by atoms with Gasteiger partial charge in [-0.15, -0.1) is 0 Å². The molecule has 0 atom stereocenters. The molecule has 0 aromatic carbocycles. The van der Waals surface area contributed by atoms with E-state index in [1.807, 2.05) is 0 Å². The first-order chi connectivity index (χ1) is 7.24. The molecule has 1 fully saturated rings. The van der Waals surface area contributed by atoms with Crippen molar-refractivity contribution in [2.45, 2.75) is 38.6 Å². The van der Waals surface area contributed by atoms with Crippen LogP contribution in [0, 0.1) is 0 Å². The Morgan fingerprint density at radius 2 is 2.20 bits per heavy atom. The summed E-state index contributed by atoms with van der Waals surface area (Å²) in [6.07, 6.45) is 6.29. The lowest BCUT2D eigenvalue weighted by Gasteiger charge is -2.36. The van der Waals surface area contributed by atoms with Gasteiger partial charge in [0.05, 0.1) is 0 Å². The molecule has 1 saturated carbocycles. The van der Waals surface area contributed by atoms with E-state index >= 15 is 0 Å². The van der Waals surface area contributed by atoms with Gasteiger partial charge in [-0.3, -0.25) is 0 Å². The van der Waals surface area contributed by atoms with Gasteiger partial charge in [-0.25, -0.2) is 9.97 Å². The summed E-state index contributed by atoms with van der Waals surface area (Å²) in [4.78, 5) is 10.6. The Morgan fingerprint density at radius 1 is 1.47 bits per heavy atom. The topological polar surface area (TPSA) is 29.0 Å². The Labute approximate surface area is 95.5 Å². The molecule has 1 heterocycles. The van der Waals surface area contributed by atoms with Crippen molar-refractivity contribution in [3.63, 3.8) is 0 Å². The van der Waals surface area contributed by atoms with E-state index in [4.69, 9.17) is 11.6 Å². The maximum absolute atomic E-state index is 6.06. The highest BCUT2D eigenvalue weighted by Crippen LogP contribution is 2.30. The summed E-state index contributed by atoms with van der Waals surface area (Å²) in [5, 5.41) is 0.591. The fourth-order valence-corrected chi connectivity index (χ4v) is 2.20. The van der Waals surface area contributed by atoms with E-state index in [0.29, 0.717) is 11.2 Å². The van der Waals surface area contributed by atoms with Crippen molar-refractivity contribution in [2.24, 2.45) is 0 Å². The summed E-state index contributed by atoms with van der Waals surface area (Å²) in [7, 11) is 2.10. The maximum Gasteiger partial charge on any atom is 0.137 e. The molecule has 82 valence electrons. The zero-order valence-electron chi connectivity index (χ0n) is 9.20. The first kappa shape index (κ1) is 10.7. The van der Waals surface area contributed by atoms with Crippen LogP contribution in [0.15, 0.2) is 6.33 Å². The van der Waals surface area contributed by atoms with E-state index in [9.17, 15) is 0 Å². The van der Waals surface area contributed by atoms with E-state index < -0.39 is 0 Å². The van der Waals surface area contributed by atoms with Crippen molar-refractivity contribution >= 4 is 17.4 Å². The number of halogens is 1. The second-order valence-electron chi connectivity index (χ2n) is 4.02. The lowest BCUT2D eigenvalue weighted by Crippen LogP contribution is -2.38. The van der Waals surface area contributed by atoms with Crippen LogP contribution in [0.3, 0.4) is 0 Å². The third-order valence-corrected chi connectivity index (χ3v) is 3.51. The highest BCUT2D eigenvalue weighted by atomic mass is 35.5. The minimum atomic E-state index is 0.591. The van der Waals surface area contributed by atoms with Crippen molar-refractivity contribution in [1.29, 1.82) is 0 Å². The smallest absolute Gasteiger partial charge is 0.137 e. The number of nitrogens with zero attached hydrogens (tertiary/aromatic N) is 3. The van der Waals surface area contributed by atoms with Gasteiger partial charge in [0.1, 0.15) is 17.3 Å². The monoisotopic (exact) mass is 225 g/mol. The third kappa shape index (κ3) is 1.93. The van der Waals surface area contributed by atoms with Crippen LogP contribution in [0.1, 0.15) is 31.7 Å². The molecular formula is C11H16ClN3. The van der Waals surface area contributed by atoms with Crippen LogP contribution < -0.4 is 4.90 Å². The predicted octanol–water partition coefficient (Wildman–Crippen LogP) is 2.68. The van der Waals surface area contributed by atoms with Crippen LogP contribution in [-0.2, 0) is 6.42 Å². The number of anilines is 1. The fourth-order valence-electron chi connectivity index (χ4n) is 1.94. The molecule has 0 N–H and O–H groups in total. The molecular weight excluding hydrogens is 210 g/mol. The second kappa shape index (κ2) is 4.35. The molecule has 0 radical (unpaired) electrons. The summed E-state index contributed by atoms with van der Waals surface area (Å²) >= 11 is 6.06. The molecule has 1 aromatic rings. The standard InChI is InChI=1S/C11H16ClN3/c1-3-9-10(12)13-7-14-11(9)15(2)8-5-4-6-8/h7-8H,3-6H2,1-2H3. The van der Waals surface area contributed by atoms with Gasteiger partial charge in [0.15, 0.2) is 0 Å². The molecule has 1 aliphatic carbocycles. The molecule has 3 nitrogen and oxygen atoms in total. The lowest BCUT2D eigenvalue weighted by molar-refractivity contribution is 0.398. The molecule has 1 aliphatic rings. The van der Waals surface area contributed by atoms with Gasteiger partial charge in [0, 0.05) is 18.7 Å². The predicted molar refractivity (Wildman–Crippen MR) is 62.5 cm³/mol. The molecule has 0 amide bonds. The Bertz CT molecular complexity index is 350. The van der Waals surface area contributed by atoms with Crippen molar-refractivity contribution in [1.82, 2.24) is 9.97 Å². The SMILES string of the molecule is CCc1c(Cl)ncnc1N(C)C1CCC1. The Kier molecular flexibility index (Phi) is 3.10. The number of aromatic nitrogens is 2. The van der Waals surface area contributed by atoms with Crippen LogP contribution in [0.4, 0.5) is 5.82 Å². The molecule has 1 aromatic heterocycles. The highest BCUT2D eigenvalue weighted by Gasteiger charge is 2.25. The van der Waals surface area contributed by atoms with Crippen molar-refractivity contribution in [3.8, 4) is 0 Å².